The van der Waals surface area contributed by atoms with E-state index in [9.17, 15) is 8.78 Å². The van der Waals surface area contributed by atoms with Crippen molar-refractivity contribution in [1.82, 2.24) is 0 Å². The van der Waals surface area contributed by atoms with Crippen molar-refractivity contribution in [3.63, 3.8) is 0 Å². The lowest BCUT2D eigenvalue weighted by atomic mass is 9.72. The fourth-order valence-corrected chi connectivity index (χ4v) is 1.96. The minimum absolute atomic E-state index is 0.0342. The van der Waals surface area contributed by atoms with Crippen LogP contribution in [0.1, 0.15) is 24.8 Å². The second-order valence-electron chi connectivity index (χ2n) is 3.95. The first kappa shape index (κ1) is 10.4. The molecule has 4 heteroatoms. The Morgan fingerprint density at radius 2 is 2.00 bits per heavy atom. The fraction of sp³-hybridized carbons (Fsp3) is 0.455. The summed E-state index contributed by atoms with van der Waals surface area (Å²) in [5.41, 5.74) is 5.04. The average molecular weight is 213 g/mol. The van der Waals surface area contributed by atoms with E-state index in [1.54, 1.807) is 0 Å². The van der Waals surface area contributed by atoms with Crippen LogP contribution in [-0.2, 0) is 5.54 Å². The quantitative estimate of drug-likeness (QED) is 0.818. The first-order valence-corrected chi connectivity index (χ1v) is 4.90. The van der Waals surface area contributed by atoms with Gasteiger partial charge in [0.2, 0.25) is 0 Å². The Bertz CT molecular complexity index is 388. The molecule has 0 atom stereocenters. The van der Waals surface area contributed by atoms with Crippen LogP contribution in [0.25, 0.3) is 0 Å². The number of hydrogen-bond donors (Lipinski definition) is 1. The van der Waals surface area contributed by atoms with Crippen molar-refractivity contribution in [3.8, 4) is 5.75 Å². The van der Waals surface area contributed by atoms with E-state index in [-0.39, 0.29) is 11.3 Å². The Morgan fingerprint density at radius 3 is 2.47 bits per heavy atom. The second kappa shape index (κ2) is 3.45. The van der Waals surface area contributed by atoms with Crippen LogP contribution in [0.4, 0.5) is 8.78 Å². The van der Waals surface area contributed by atoms with Gasteiger partial charge in [-0.05, 0) is 31.4 Å². The van der Waals surface area contributed by atoms with Gasteiger partial charge in [-0.2, -0.15) is 0 Å². The number of ether oxygens (including phenoxy) is 1. The third-order valence-electron chi connectivity index (χ3n) is 3.02. The molecule has 1 fully saturated rings. The largest absolute Gasteiger partial charge is 0.494 e. The molecule has 1 aromatic carbocycles. The number of methoxy groups -OCH3 is 1. The molecule has 15 heavy (non-hydrogen) atoms. The standard InChI is InChI=1S/C11H13F2NO/c1-15-8-4-3-7(12)9(10(8)13)11(14)5-2-6-11/h3-4H,2,5-6,14H2,1H3. The van der Waals surface area contributed by atoms with Crippen LogP contribution in [-0.4, -0.2) is 7.11 Å². The van der Waals surface area contributed by atoms with Crippen LogP contribution in [0, 0.1) is 11.6 Å². The molecule has 1 saturated carbocycles. The molecule has 0 radical (unpaired) electrons. The van der Waals surface area contributed by atoms with Crippen molar-refractivity contribution < 1.29 is 13.5 Å². The van der Waals surface area contributed by atoms with Crippen LogP contribution in [0.3, 0.4) is 0 Å². The topological polar surface area (TPSA) is 35.2 Å². The summed E-state index contributed by atoms with van der Waals surface area (Å²) in [6.07, 6.45) is 2.15. The maximum Gasteiger partial charge on any atom is 0.173 e. The van der Waals surface area contributed by atoms with E-state index in [2.05, 4.69) is 0 Å². The Balaban J connectivity index is 2.53. The molecule has 0 heterocycles. The van der Waals surface area contributed by atoms with Crippen molar-refractivity contribution >= 4 is 0 Å². The molecule has 2 nitrogen and oxygen atoms in total. The van der Waals surface area contributed by atoms with E-state index in [0.29, 0.717) is 12.8 Å². The van der Waals surface area contributed by atoms with Crippen molar-refractivity contribution in [1.29, 1.82) is 0 Å². The minimum Gasteiger partial charge on any atom is -0.494 e. The third-order valence-corrected chi connectivity index (χ3v) is 3.02. The first-order valence-electron chi connectivity index (χ1n) is 4.90. The maximum atomic E-state index is 13.8. The van der Waals surface area contributed by atoms with E-state index in [0.717, 1.165) is 6.42 Å². The summed E-state index contributed by atoms with van der Waals surface area (Å²) in [4.78, 5) is 0. The zero-order chi connectivity index (χ0) is 11.1. The lowest BCUT2D eigenvalue weighted by molar-refractivity contribution is 0.232. The molecule has 0 aliphatic heterocycles. The van der Waals surface area contributed by atoms with Crippen molar-refractivity contribution in [2.45, 2.75) is 24.8 Å². The third kappa shape index (κ3) is 1.49. The summed E-state index contributed by atoms with van der Waals surface area (Å²) >= 11 is 0. The molecule has 0 spiro atoms. The highest BCUT2D eigenvalue weighted by atomic mass is 19.1. The first-order chi connectivity index (χ1) is 7.08. The van der Waals surface area contributed by atoms with Gasteiger partial charge in [-0.3, -0.25) is 0 Å². The molecule has 0 amide bonds. The van der Waals surface area contributed by atoms with Gasteiger partial charge in [0.15, 0.2) is 11.6 Å². The molecule has 0 saturated heterocycles. The van der Waals surface area contributed by atoms with Gasteiger partial charge in [0.1, 0.15) is 5.82 Å². The van der Waals surface area contributed by atoms with Crippen LogP contribution >= 0.6 is 0 Å². The van der Waals surface area contributed by atoms with Gasteiger partial charge in [0.25, 0.3) is 0 Å². The molecule has 2 rings (SSSR count). The van der Waals surface area contributed by atoms with Gasteiger partial charge in [0, 0.05) is 11.1 Å². The summed E-state index contributed by atoms with van der Waals surface area (Å²) in [5, 5.41) is 0. The van der Waals surface area contributed by atoms with Crippen LogP contribution in [0.15, 0.2) is 12.1 Å². The van der Waals surface area contributed by atoms with Gasteiger partial charge in [0.05, 0.1) is 7.11 Å². The number of nitrogens with two attached hydrogens (primary N) is 1. The predicted molar refractivity (Wildman–Crippen MR) is 52.6 cm³/mol. The van der Waals surface area contributed by atoms with Gasteiger partial charge < -0.3 is 10.5 Å². The van der Waals surface area contributed by atoms with E-state index in [1.165, 1.54) is 19.2 Å². The van der Waals surface area contributed by atoms with Crippen LogP contribution in [0.5, 0.6) is 5.75 Å². The predicted octanol–water partition coefficient (Wildman–Crippen LogP) is 2.31. The molecule has 2 N–H and O–H groups in total. The zero-order valence-electron chi connectivity index (χ0n) is 8.52. The Labute approximate surface area is 87.0 Å². The lowest BCUT2D eigenvalue weighted by Crippen LogP contribution is -2.44. The molecule has 0 unspecified atom stereocenters. The molecule has 0 aromatic heterocycles. The summed E-state index contributed by atoms with van der Waals surface area (Å²) in [6.45, 7) is 0. The number of hydrogen-bond acceptors (Lipinski definition) is 2. The monoisotopic (exact) mass is 213 g/mol. The second-order valence-corrected chi connectivity index (χ2v) is 3.95. The Morgan fingerprint density at radius 1 is 1.33 bits per heavy atom. The van der Waals surface area contributed by atoms with Crippen molar-refractivity contribution in [2.75, 3.05) is 7.11 Å². The molecule has 82 valence electrons. The lowest BCUT2D eigenvalue weighted by Gasteiger charge is -2.39. The number of rotatable bonds is 2. The smallest absolute Gasteiger partial charge is 0.173 e. The molecule has 1 aromatic rings. The van der Waals surface area contributed by atoms with Crippen LogP contribution in [0.2, 0.25) is 0 Å². The average Bonchev–Trinajstić information content (AvgIpc) is 2.15. The minimum atomic E-state index is -0.845. The molecule has 1 aliphatic carbocycles. The van der Waals surface area contributed by atoms with Gasteiger partial charge in [-0.15, -0.1) is 0 Å². The maximum absolute atomic E-state index is 13.8. The van der Waals surface area contributed by atoms with Gasteiger partial charge >= 0.3 is 0 Å². The molecular formula is C11H13F2NO. The van der Waals surface area contributed by atoms with E-state index >= 15 is 0 Å². The van der Waals surface area contributed by atoms with Crippen molar-refractivity contribution in [2.24, 2.45) is 5.73 Å². The Hall–Kier alpha value is -1.16. The van der Waals surface area contributed by atoms with Crippen molar-refractivity contribution in [3.05, 3.63) is 29.3 Å². The molecule has 0 bridgehead atoms. The van der Waals surface area contributed by atoms with E-state index in [4.69, 9.17) is 10.5 Å². The normalized spacial score (nSPS) is 18.4. The summed E-state index contributed by atoms with van der Waals surface area (Å²) in [7, 11) is 1.35. The zero-order valence-corrected chi connectivity index (χ0v) is 8.52. The Kier molecular flexibility index (Phi) is 2.38. The summed E-state index contributed by atoms with van der Waals surface area (Å²) in [6, 6.07) is 2.47. The molecular weight excluding hydrogens is 200 g/mol. The SMILES string of the molecule is COc1ccc(F)c(C2(N)CCC2)c1F. The number of benzene rings is 1. The highest BCUT2D eigenvalue weighted by molar-refractivity contribution is 5.37. The fourth-order valence-electron chi connectivity index (χ4n) is 1.96. The highest BCUT2D eigenvalue weighted by Gasteiger charge is 2.39. The molecule has 1 aliphatic rings. The van der Waals surface area contributed by atoms with E-state index < -0.39 is 17.2 Å². The van der Waals surface area contributed by atoms with Gasteiger partial charge in [-0.25, -0.2) is 8.78 Å². The highest BCUT2D eigenvalue weighted by Crippen LogP contribution is 2.42. The number of halogens is 2. The van der Waals surface area contributed by atoms with Gasteiger partial charge in [-0.1, -0.05) is 0 Å². The van der Waals surface area contributed by atoms with Crippen LogP contribution < -0.4 is 10.5 Å². The van der Waals surface area contributed by atoms with E-state index in [1.807, 2.05) is 0 Å². The summed E-state index contributed by atoms with van der Waals surface area (Å²) < 4.78 is 32.1. The summed E-state index contributed by atoms with van der Waals surface area (Å²) in [5.74, 6) is -1.21.